The maximum Gasteiger partial charge on any atom is 0.0855 e. The van der Waals surface area contributed by atoms with E-state index in [0.29, 0.717) is 0 Å². The molecule has 0 saturated carbocycles. The Morgan fingerprint density at radius 3 is 1.92 bits per heavy atom. The molecule has 0 fully saturated rings. The molecule has 0 bridgehead atoms. The van der Waals surface area contributed by atoms with Crippen molar-refractivity contribution >= 4 is 24.0 Å². The average Bonchev–Trinajstić information content (AvgIpc) is 1.96. The maximum absolute atomic E-state index is 2.35. The van der Waals surface area contributed by atoms with E-state index in [4.69, 9.17) is 0 Å². The van der Waals surface area contributed by atoms with Gasteiger partial charge in [-0.1, -0.05) is 26.2 Å². The summed E-state index contributed by atoms with van der Waals surface area (Å²) in [6, 6.07) is 0.807. The van der Waals surface area contributed by atoms with E-state index in [2.05, 4.69) is 35.0 Å². The van der Waals surface area contributed by atoms with Gasteiger partial charge >= 0.3 is 0 Å². The molecule has 0 aromatic carbocycles. The molecule has 0 aliphatic carbocycles. The van der Waals surface area contributed by atoms with E-state index in [-0.39, 0.29) is 24.0 Å². The SMILES string of the molecule is CCCCCCC(C)[N+](C)(C)C.I. The van der Waals surface area contributed by atoms with Crippen LogP contribution in [0.2, 0.25) is 0 Å². The van der Waals surface area contributed by atoms with Gasteiger partial charge in [0.25, 0.3) is 0 Å². The minimum atomic E-state index is 0. The Morgan fingerprint density at radius 1 is 1.00 bits per heavy atom. The largest absolute Gasteiger partial charge is 0.329 e. The predicted octanol–water partition coefficient (Wildman–Crippen LogP) is 3.67. The van der Waals surface area contributed by atoms with Crippen LogP contribution in [0, 0.1) is 0 Å². The Bertz CT molecular complexity index is 107. The van der Waals surface area contributed by atoms with E-state index >= 15 is 0 Å². The standard InChI is InChI=1S/C11H26N.HI/c1-6-7-8-9-10-11(2)12(3,4)5;/h11H,6-10H2,1-5H3;1H/q+1;. The Morgan fingerprint density at radius 2 is 1.54 bits per heavy atom. The lowest BCUT2D eigenvalue weighted by Crippen LogP contribution is -2.43. The zero-order valence-corrected chi connectivity index (χ0v) is 12.3. The summed E-state index contributed by atoms with van der Waals surface area (Å²) in [4.78, 5) is 0. The number of quaternary nitrogens is 1. The molecule has 1 unspecified atom stereocenters. The van der Waals surface area contributed by atoms with Crippen LogP contribution in [-0.4, -0.2) is 31.7 Å². The highest BCUT2D eigenvalue weighted by molar-refractivity contribution is 14.0. The summed E-state index contributed by atoms with van der Waals surface area (Å²) >= 11 is 0. The molecular weight excluding hydrogens is 273 g/mol. The van der Waals surface area contributed by atoms with Gasteiger partial charge in [-0.05, 0) is 19.8 Å². The van der Waals surface area contributed by atoms with E-state index in [0.717, 1.165) is 10.5 Å². The first kappa shape index (κ1) is 16.1. The Balaban J connectivity index is 0. The predicted molar refractivity (Wildman–Crippen MR) is 71.7 cm³/mol. The Labute approximate surface area is 102 Å². The first-order valence-corrected chi connectivity index (χ1v) is 5.29. The van der Waals surface area contributed by atoms with Gasteiger partial charge in [-0.25, -0.2) is 0 Å². The van der Waals surface area contributed by atoms with Gasteiger partial charge < -0.3 is 4.48 Å². The number of hydrogen-bond donors (Lipinski definition) is 0. The van der Waals surface area contributed by atoms with Gasteiger partial charge in [0.05, 0.1) is 27.2 Å². The molecule has 0 saturated heterocycles. The van der Waals surface area contributed by atoms with Gasteiger partial charge in [-0.15, -0.1) is 24.0 Å². The Kier molecular flexibility index (Phi) is 9.97. The lowest BCUT2D eigenvalue weighted by Gasteiger charge is -2.31. The molecule has 13 heavy (non-hydrogen) atoms. The maximum atomic E-state index is 2.35. The average molecular weight is 300 g/mol. The molecule has 0 aromatic heterocycles. The summed E-state index contributed by atoms with van der Waals surface area (Å²) in [6.07, 6.45) is 6.96. The summed E-state index contributed by atoms with van der Waals surface area (Å²) in [6.45, 7) is 4.62. The quantitative estimate of drug-likeness (QED) is 0.399. The molecule has 2 heteroatoms. The van der Waals surface area contributed by atoms with Crippen LogP contribution in [0.25, 0.3) is 0 Å². The highest BCUT2D eigenvalue weighted by Gasteiger charge is 2.16. The van der Waals surface area contributed by atoms with Gasteiger partial charge in [0, 0.05) is 0 Å². The van der Waals surface area contributed by atoms with E-state index in [9.17, 15) is 0 Å². The van der Waals surface area contributed by atoms with E-state index in [1.807, 2.05) is 0 Å². The second-order valence-corrected chi connectivity index (χ2v) is 4.81. The second kappa shape index (κ2) is 8.04. The highest BCUT2D eigenvalue weighted by atomic mass is 127. The first-order chi connectivity index (χ1) is 5.48. The minimum Gasteiger partial charge on any atom is -0.329 e. The second-order valence-electron chi connectivity index (χ2n) is 4.81. The van der Waals surface area contributed by atoms with Crippen molar-refractivity contribution in [1.82, 2.24) is 0 Å². The fraction of sp³-hybridized carbons (Fsp3) is 1.00. The van der Waals surface area contributed by atoms with Gasteiger partial charge in [-0.2, -0.15) is 0 Å². The van der Waals surface area contributed by atoms with Crippen molar-refractivity contribution in [2.45, 2.75) is 52.0 Å². The summed E-state index contributed by atoms with van der Waals surface area (Å²) in [5.74, 6) is 0. The molecular formula is C11H27IN+. The third-order valence-corrected chi connectivity index (χ3v) is 2.80. The summed E-state index contributed by atoms with van der Waals surface area (Å²) < 4.78 is 1.10. The molecule has 0 aliphatic heterocycles. The van der Waals surface area contributed by atoms with Crippen molar-refractivity contribution in [2.24, 2.45) is 0 Å². The van der Waals surface area contributed by atoms with Crippen LogP contribution in [0.1, 0.15) is 46.0 Å². The molecule has 1 nitrogen and oxygen atoms in total. The fourth-order valence-corrected chi connectivity index (χ4v) is 1.25. The van der Waals surface area contributed by atoms with Crippen LogP contribution in [0.3, 0.4) is 0 Å². The smallest absolute Gasteiger partial charge is 0.0855 e. The van der Waals surface area contributed by atoms with Crippen molar-refractivity contribution < 1.29 is 4.48 Å². The molecule has 0 rings (SSSR count). The summed E-state index contributed by atoms with van der Waals surface area (Å²) in [5, 5.41) is 0. The summed E-state index contributed by atoms with van der Waals surface area (Å²) in [5.41, 5.74) is 0. The highest BCUT2D eigenvalue weighted by Crippen LogP contribution is 2.12. The monoisotopic (exact) mass is 300 g/mol. The first-order valence-electron chi connectivity index (χ1n) is 5.29. The van der Waals surface area contributed by atoms with Crippen LogP contribution in [-0.2, 0) is 0 Å². The van der Waals surface area contributed by atoms with Crippen molar-refractivity contribution in [1.29, 1.82) is 0 Å². The fourth-order valence-electron chi connectivity index (χ4n) is 1.25. The number of nitrogens with zero attached hydrogens (tertiary/aromatic N) is 1. The van der Waals surface area contributed by atoms with Crippen LogP contribution in [0.15, 0.2) is 0 Å². The van der Waals surface area contributed by atoms with Crippen molar-refractivity contribution in [3.05, 3.63) is 0 Å². The lowest BCUT2D eigenvalue weighted by atomic mass is 10.1. The van der Waals surface area contributed by atoms with Gasteiger partial charge in [0.1, 0.15) is 0 Å². The minimum absolute atomic E-state index is 0. The molecule has 0 spiro atoms. The zero-order chi connectivity index (χ0) is 9.61. The van der Waals surface area contributed by atoms with Gasteiger partial charge in [0.2, 0.25) is 0 Å². The molecule has 82 valence electrons. The molecule has 1 atom stereocenters. The molecule has 0 radical (unpaired) electrons. The van der Waals surface area contributed by atoms with Gasteiger partial charge in [0.15, 0.2) is 0 Å². The number of halogens is 1. The molecule has 0 amide bonds. The van der Waals surface area contributed by atoms with Crippen LogP contribution >= 0.6 is 24.0 Å². The number of hydrogen-bond acceptors (Lipinski definition) is 0. The van der Waals surface area contributed by atoms with E-state index in [1.54, 1.807) is 0 Å². The van der Waals surface area contributed by atoms with Crippen LogP contribution in [0.4, 0.5) is 0 Å². The number of unbranched alkanes of at least 4 members (excludes halogenated alkanes) is 3. The number of rotatable bonds is 6. The molecule has 0 aliphatic rings. The molecule has 0 heterocycles. The summed E-state index contributed by atoms with van der Waals surface area (Å²) in [7, 11) is 6.85. The van der Waals surface area contributed by atoms with Gasteiger partial charge in [-0.3, -0.25) is 0 Å². The van der Waals surface area contributed by atoms with Crippen molar-refractivity contribution in [3.8, 4) is 0 Å². The normalized spacial score (nSPS) is 13.6. The molecule has 0 N–H and O–H groups in total. The lowest BCUT2D eigenvalue weighted by molar-refractivity contribution is -0.894. The van der Waals surface area contributed by atoms with Crippen molar-refractivity contribution in [3.63, 3.8) is 0 Å². The van der Waals surface area contributed by atoms with E-state index in [1.165, 1.54) is 32.1 Å². The van der Waals surface area contributed by atoms with Crippen molar-refractivity contribution in [2.75, 3.05) is 21.1 Å². The zero-order valence-electron chi connectivity index (χ0n) is 9.97. The van der Waals surface area contributed by atoms with Crippen LogP contribution in [0.5, 0.6) is 0 Å². The van der Waals surface area contributed by atoms with E-state index < -0.39 is 0 Å². The Hall–Kier alpha value is 0.690. The molecule has 0 aromatic rings. The third-order valence-electron chi connectivity index (χ3n) is 2.80. The third kappa shape index (κ3) is 9.01. The van der Waals surface area contributed by atoms with Crippen LogP contribution < -0.4 is 0 Å². The topological polar surface area (TPSA) is 0 Å².